The third-order valence-corrected chi connectivity index (χ3v) is 3.01. The standard InChI is InChI=1S/C12H19N5.HNO3/c1-16-6-8-17(9-7-16)11-4-2-10(3-5-11)15-12(13)14;2-1(3)4/h2-5H,6-9H2,1H3,(H4,13,14,15);(H,2,3,4). The van der Waals surface area contributed by atoms with Crippen LogP contribution in [-0.2, 0) is 0 Å². The van der Waals surface area contributed by atoms with Crippen LogP contribution in [0.4, 0.5) is 11.4 Å². The highest BCUT2D eigenvalue weighted by Gasteiger charge is 2.13. The van der Waals surface area contributed by atoms with E-state index in [0.29, 0.717) is 0 Å². The second-order valence-corrected chi connectivity index (χ2v) is 4.61. The molecule has 5 N–H and O–H groups in total. The summed E-state index contributed by atoms with van der Waals surface area (Å²) in [5, 5.41) is 23.6. The first-order valence-corrected chi connectivity index (χ1v) is 6.36. The van der Waals surface area contributed by atoms with Crippen LogP contribution in [-0.4, -0.2) is 54.4 Å². The molecule has 1 fully saturated rings. The molecule has 0 radical (unpaired) electrons. The lowest BCUT2D eigenvalue weighted by Crippen LogP contribution is -2.44. The maximum atomic E-state index is 8.36. The van der Waals surface area contributed by atoms with E-state index >= 15 is 0 Å². The predicted molar refractivity (Wildman–Crippen MR) is 80.5 cm³/mol. The Morgan fingerprint density at radius 2 is 1.81 bits per heavy atom. The summed E-state index contributed by atoms with van der Waals surface area (Å²) < 4.78 is 0. The Bertz CT molecular complexity index is 466. The van der Waals surface area contributed by atoms with Gasteiger partial charge in [0.15, 0.2) is 5.96 Å². The van der Waals surface area contributed by atoms with Gasteiger partial charge in [-0.2, -0.15) is 0 Å². The van der Waals surface area contributed by atoms with Crippen molar-refractivity contribution in [2.24, 2.45) is 5.73 Å². The molecule has 0 amide bonds. The van der Waals surface area contributed by atoms with Crippen LogP contribution < -0.4 is 16.0 Å². The first-order valence-electron chi connectivity index (χ1n) is 6.36. The van der Waals surface area contributed by atoms with Crippen molar-refractivity contribution in [1.82, 2.24) is 4.90 Å². The lowest BCUT2D eigenvalue weighted by atomic mass is 10.2. The molecule has 116 valence electrons. The first-order chi connectivity index (χ1) is 9.88. The van der Waals surface area contributed by atoms with E-state index in [2.05, 4.69) is 34.3 Å². The van der Waals surface area contributed by atoms with Crippen LogP contribution in [0.25, 0.3) is 0 Å². The lowest BCUT2D eigenvalue weighted by molar-refractivity contribution is -0.742. The molecule has 9 nitrogen and oxygen atoms in total. The molecule has 9 heteroatoms. The van der Waals surface area contributed by atoms with Gasteiger partial charge in [0.2, 0.25) is 0 Å². The molecule has 1 aliphatic rings. The SMILES string of the molecule is CN1CCN(c2ccc(NC(=N)N)cc2)CC1.O=[N+]([O-])O. The molecule has 2 rings (SSSR count). The number of nitrogens with two attached hydrogens (primary N) is 1. The zero-order valence-corrected chi connectivity index (χ0v) is 11.8. The van der Waals surface area contributed by atoms with Gasteiger partial charge in [-0.15, -0.1) is 10.1 Å². The Kier molecular flexibility index (Phi) is 6.21. The fraction of sp³-hybridized carbons (Fsp3) is 0.417. The number of benzene rings is 1. The molecule has 0 aliphatic carbocycles. The summed E-state index contributed by atoms with van der Waals surface area (Å²) in [6, 6.07) is 8.04. The zero-order valence-electron chi connectivity index (χ0n) is 11.8. The van der Waals surface area contributed by atoms with Crippen molar-refractivity contribution in [3.8, 4) is 0 Å². The van der Waals surface area contributed by atoms with Gasteiger partial charge in [-0.3, -0.25) is 5.41 Å². The fourth-order valence-corrected chi connectivity index (χ4v) is 1.98. The van der Waals surface area contributed by atoms with Crippen LogP contribution >= 0.6 is 0 Å². The summed E-state index contributed by atoms with van der Waals surface area (Å²) in [6.45, 7) is 4.34. The summed E-state index contributed by atoms with van der Waals surface area (Å²) >= 11 is 0. The Morgan fingerprint density at radius 1 is 1.33 bits per heavy atom. The summed E-state index contributed by atoms with van der Waals surface area (Å²) in [5.74, 6) is -0.0302. The minimum absolute atomic E-state index is 0.0302. The summed E-state index contributed by atoms with van der Waals surface area (Å²) in [4.78, 5) is 13.1. The molecule has 1 aromatic carbocycles. The summed E-state index contributed by atoms with van der Waals surface area (Å²) in [6.07, 6.45) is 0. The smallest absolute Gasteiger partial charge is 0.291 e. The topological polar surface area (TPSA) is 132 Å². The van der Waals surface area contributed by atoms with Crippen LogP contribution in [0.2, 0.25) is 0 Å². The average molecular weight is 296 g/mol. The normalized spacial score (nSPS) is 14.8. The maximum absolute atomic E-state index is 8.36. The third-order valence-electron chi connectivity index (χ3n) is 3.01. The van der Waals surface area contributed by atoms with E-state index in [1.807, 2.05) is 12.1 Å². The van der Waals surface area contributed by atoms with Gasteiger partial charge in [-0.1, -0.05) is 0 Å². The highest BCUT2D eigenvalue weighted by Crippen LogP contribution is 2.18. The largest absolute Gasteiger partial charge is 0.370 e. The Labute approximate surface area is 122 Å². The van der Waals surface area contributed by atoms with E-state index in [0.717, 1.165) is 31.9 Å². The molecule has 1 aromatic rings. The van der Waals surface area contributed by atoms with E-state index in [4.69, 9.17) is 26.5 Å². The molecule has 0 saturated carbocycles. The molecular weight excluding hydrogens is 276 g/mol. The van der Waals surface area contributed by atoms with Gasteiger partial charge in [0.05, 0.1) is 0 Å². The van der Waals surface area contributed by atoms with E-state index in [1.165, 1.54) is 5.69 Å². The highest BCUT2D eigenvalue weighted by molar-refractivity contribution is 5.89. The number of hydrogen-bond acceptors (Lipinski definition) is 5. The minimum Gasteiger partial charge on any atom is -0.370 e. The number of hydrogen-bond donors (Lipinski definition) is 4. The van der Waals surface area contributed by atoms with Crippen molar-refractivity contribution in [3.05, 3.63) is 34.4 Å². The molecule has 1 heterocycles. The number of nitrogens with one attached hydrogen (secondary N) is 2. The van der Waals surface area contributed by atoms with Crippen molar-refractivity contribution >= 4 is 17.3 Å². The van der Waals surface area contributed by atoms with Gasteiger partial charge in [-0.05, 0) is 31.3 Å². The van der Waals surface area contributed by atoms with Crippen molar-refractivity contribution < 1.29 is 10.3 Å². The molecule has 1 aliphatic heterocycles. The fourth-order valence-electron chi connectivity index (χ4n) is 1.98. The van der Waals surface area contributed by atoms with Gasteiger partial charge in [0.1, 0.15) is 0 Å². The maximum Gasteiger partial charge on any atom is 0.291 e. The summed E-state index contributed by atoms with van der Waals surface area (Å²) in [7, 11) is 2.15. The average Bonchev–Trinajstić information content (AvgIpc) is 2.39. The van der Waals surface area contributed by atoms with E-state index in [-0.39, 0.29) is 5.96 Å². The molecule has 0 atom stereocenters. The lowest BCUT2D eigenvalue weighted by Gasteiger charge is -2.34. The molecule has 0 bridgehead atoms. The number of piperazine rings is 1. The molecular formula is C12H20N6O3. The second-order valence-electron chi connectivity index (χ2n) is 4.61. The molecule has 21 heavy (non-hydrogen) atoms. The number of likely N-dealkylation sites (N-methyl/N-ethyl adjacent to an activating group) is 1. The highest BCUT2D eigenvalue weighted by atomic mass is 16.9. The monoisotopic (exact) mass is 296 g/mol. The van der Waals surface area contributed by atoms with Crippen molar-refractivity contribution in [3.63, 3.8) is 0 Å². The van der Waals surface area contributed by atoms with Crippen molar-refractivity contribution in [1.29, 1.82) is 5.41 Å². The quantitative estimate of drug-likeness (QED) is 0.269. The Morgan fingerprint density at radius 3 is 2.24 bits per heavy atom. The number of guanidine groups is 1. The predicted octanol–water partition coefficient (Wildman–Crippen LogP) is 0.396. The van der Waals surface area contributed by atoms with Crippen molar-refractivity contribution in [2.75, 3.05) is 43.4 Å². The first kappa shape index (κ1) is 16.5. The van der Waals surface area contributed by atoms with Gasteiger partial charge < -0.3 is 26.1 Å². The zero-order chi connectivity index (χ0) is 15.8. The van der Waals surface area contributed by atoms with E-state index in [1.54, 1.807) is 0 Å². The van der Waals surface area contributed by atoms with E-state index < -0.39 is 5.09 Å². The van der Waals surface area contributed by atoms with Crippen LogP contribution in [0.1, 0.15) is 0 Å². The van der Waals surface area contributed by atoms with Gasteiger partial charge >= 0.3 is 0 Å². The van der Waals surface area contributed by atoms with Gasteiger partial charge in [-0.25, -0.2) is 0 Å². The number of nitrogens with zero attached hydrogens (tertiary/aromatic N) is 3. The molecule has 1 saturated heterocycles. The van der Waals surface area contributed by atoms with Gasteiger partial charge in [0, 0.05) is 37.6 Å². The van der Waals surface area contributed by atoms with Crippen LogP contribution in [0.3, 0.4) is 0 Å². The number of rotatable bonds is 2. The Balaban J connectivity index is 0.000000491. The molecule has 0 spiro atoms. The summed E-state index contributed by atoms with van der Waals surface area (Å²) in [5.41, 5.74) is 7.36. The third kappa shape index (κ3) is 6.43. The van der Waals surface area contributed by atoms with Crippen LogP contribution in [0, 0.1) is 15.5 Å². The van der Waals surface area contributed by atoms with Crippen LogP contribution in [0.15, 0.2) is 24.3 Å². The Hall–Kier alpha value is -2.55. The van der Waals surface area contributed by atoms with E-state index in [9.17, 15) is 0 Å². The number of anilines is 2. The molecule has 0 aromatic heterocycles. The minimum atomic E-state index is -1.50. The molecule has 0 unspecified atom stereocenters. The van der Waals surface area contributed by atoms with Crippen molar-refractivity contribution in [2.45, 2.75) is 0 Å². The van der Waals surface area contributed by atoms with Gasteiger partial charge in [0.25, 0.3) is 5.09 Å². The van der Waals surface area contributed by atoms with Crippen LogP contribution in [0.5, 0.6) is 0 Å². The second kappa shape index (κ2) is 7.90.